The Balaban J connectivity index is 1.38. The van der Waals surface area contributed by atoms with Crippen LogP contribution in [0.25, 0.3) is 0 Å². The summed E-state index contributed by atoms with van der Waals surface area (Å²) >= 11 is 0. The fraction of sp³-hybridized carbons (Fsp3) is 0.417. The molecule has 2 aromatic carbocycles. The number of rotatable bonds is 8. The molecule has 1 aliphatic heterocycles. The fourth-order valence-corrected chi connectivity index (χ4v) is 3.61. The van der Waals surface area contributed by atoms with Crippen LogP contribution in [0.3, 0.4) is 0 Å². The number of piperazine rings is 1. The molecule has 2 aromatic rings. The first-order valence-electron chi connectivity index (χ1n) is 10.8. The highest BCUT2D eigenvalue weighted by atomic mass is 19.1. The predicted molar refractivity (Wildman–Crippen MR) is 122 cm³/mol. The summed E-state index contributed by atoms with van der Waals surface area (Å²) in [4.78, 5) is 28.7. The van der Waals surface area contributed by atoms with E-state index in [0.717, 1.165) is 12.1 Å². The van der Waals surface area contributed by atoms with E-state index in [0.29, 0.717) is 44.3 Å². The largest absolute Gasteiger partial charge is 0.325 e. The summed E-state index contributed by atoms with van der Waals surface area (Å²) in [6.07, 6.45) is 1.09. The third-order valence-electron chi connectivity index (χ3n) is 5.68. The second-order valence-electron chi connectivity index (χ2n) is 8.09. The highest BCUT2D eigenvalue weighted by molar-refractivity contribution is 5.92. The molecule has 2 N–H and O–H groups in total. The van der Waals surface area contributed by atoms with Crippen LogP contribution in [0.2, 0.25) is 0 Å². The monoisotopic (exact) mass is 426 g/mol. The van der Waals surface area contributed by atoms with Gasteiger partial charge in [0, 0.05) is 37.6 Å². The SMILES string of the molecule is CC[C@@H](C)c1ccc(NC(=O)CN2CCN(CC(=O)Nc3cccc(F)c3)CC2)cc1. The first-order chi connectivity index (χ1) is 14.9. The van der Waals surface area contributed by atoms with E-state index in [1.165, 1.54) is 17.7 Å². The molecule has 0 bridgehead atoms. The Morgan fingerprint density at radius 1 is 0.903 bits per heavy atom. The summed E-state index contributed by atoms with van der Waals surface area (Å²) in [5.41, 5.74) is 2.54. The average molecular weight is 427 g/mol. The summed E-state index contributed by atoms with van der Waals surface area (Å²) in [6, 6.07) is 13.9. The molecule has 0 aromatic heterocycles. The van der Waals surface area contributed by atoms with Crippen molar-refractivity contribution < 1.29 is 14.0 Å². The highest BCUT2D eigenvalue weighted by Crippen LogP contribution is 2.20. The maximum absolute atomic E-state index is 13.2. The molecule has 6 nitrogen and oxygen atoms in total. The van der Waals surface area contributed by atoms with Crippen LogP contribution < -0.4 is 10.6 Å². The van der Waals surface area contributed by atoms with Crippen molar-refractivity contribution in [1.82, 2.24) is 9.80 Å². The Kier molecular flexibility index (Phi) is 8.14. The molecule has 1 aliphatic rings. The molecule has 1 fully saturated rings. The van der Waals surface area contributed by atoms with Crippen molar-refractivity contribution in [3.05, 3.63) is 59.9 Å². The van der Waals surface area contributed by atoms with E-state index in [2.05, 4.69) is 41.5 Å². The lowest BCUT2D eigenvalue weighted by Gasteiger charge is -2.33. The number of anilines is 2. The maximum Gasteiger partial charge on any atom is 0.238 e. The van der Waals surface area contributed by atoms with Crippen LogP contribution >= 0.6 is 0 Å². The van der Waals surface area contributed by atoms with E-state index in [4.69, 9.17) is 0 Å². The van der Waals surface area contributed by atoms with Crippen LogP contribution in [0, 0.1) is 5.82 Å². The van der Waals surface area contributed by atoms with Gasteiger partial charge in [-0.05, 0) is 48.2 Å². The van der Waals surface area contributed by atoms with Gasteiger partial charge in [0.2, 0.25) is 11.8 Å². The smallest absolute Gasteiger partial charge is 0.238 e. The van der Waals surface area contributed by atoms with Gasteiger partial charge in [0.05, 0.1) is 13.1 Å². The molecule has 0 unspecified atom stereocenters. The van der Waals surface area contributed by atoms with E-state index >= 15 is 0 Å². The van der Waals surface area contributed by atoms with Gasteiger partial charge < -0.3 is 10.6 Å². The van der Waals surface area contributed by atoms with E-state index in [-0.39, 0.29) is 24.2 Å². The molecule has 31 heavy (non-hydrogen) atoms. The van der Waals surface area contributed by atoms with Gasteiger partial charge in [-0.2, -0.15) is 0 Å². The molecule has 7 heteroatoms. The van der Waals surface area contributed by atoms with Crippen molar-refractivity contribution in [3.63, 3.8) is 0 Å². The minimum Gasteiger partial charge on any atom is -0.325 e. The minimum atomic E-state index is -0.379. The summed E-state index contributed by atoms with van der Waals surface area (Å²) in [5.74, 6) is -0.0700. The Hall–Kier alpha value is -2.77. The number of halogens is 1. The second-order valence-corrected chi connectivity index (χ2v) is 8.09. The zero-order valence-corrected chi connectivity index (χ0v) is 18.2. The van der Waals surface area contributed by atoms with Crippen LogP contribution in [0.4, 0.5) is 15.8 Å². The number of amides is 2. The highest BCUT2D eigenvalue weighted by Gasteiger charge is 2.20. The quantitative estimate of drug-likeness (QED) is 0.678. The Labute approximate surface area is 183 Å². The fourth-order valence-electron chi connectivity index (χ4n) is 3.61. The molecule has 0 saturated carbocycles. The Morgan fingerprint density at radius 3 is 1.97 bits per heavy atom. The number of carbonyl (C=O) groups excluding carboxylic acids is 2. The second kappa shape index (κ2) is 11.0. The molecule has 1 saturated heterocycles. The van der Waals surface area contributed by atoms with E-state index in [1.807, 2.05) is 17.0 Å². The van der Waals surface area contributed by atoms with Gasteiger partial charge in [0.25, 0.3) is 0 Å². The van der Waals surface area contributed by atoms with Gasteiger partial charge in [-0.15, -0.1) is 0 Å². The molecule has 1 atom stereocenters. The molecular formula is C24H31FN4O2. The summed E-state index contributed by atoms with van der Waals surface area (Å²) < 4.78 is 13.2. The molecule has 0 aliphatic carbocycles. The van der Waals surface area contributed by atoms with Crippen molar-refractivity contribution in [1.29, 1.82) is 0 Å². The van der Waals surface area contributed by atoms with Crippen molar-refractivity contribution in [2.45, 2.75) is 26.2 Å². The van der Waals surface area contributed by atoms with Crippen molar-refractivity contribution in [3.8, 4) is 0 Å². The zero-order chi connectivity index (χ0) is 22.2. The third-order valence-corrected chi connectivity index (χ3v) is 5.68. The number of hydrogen-bond acceptors (Lipinski definition) is 4. The number of carbonyl (C=O) groups is 2. The topological polar surface area (TPSA) is 64.7 Å². The Morgan fingerprint density at radius 2 is 1.45 bits per heavy atom. The lowest BCUT2D eigenvalue weighted by atomic mass is 9.99. The van der Waals surface area contributed by atoms with Crippen LogP contribution in [-0.4, -0.2) is 60.9 Å². The summed E-state index contributed by atoms with van der Waals surface area (Å²) in [7, 11) is 0. The number of nitrogens with zero attached hydrogens (tertiary/aromatic N) is 2. The van der Waals surface area contributed by atoms with Gasteiger partial charge in [-0.3, -0.25) is 19.4 Å². The van der Waals surface area contributed by atoms with Gasteiger partial charge in [-0.25, -0.2) is 4.39 Å². The first-order valence-corrected chi connectivity index (χ1v) is 10.8. The lowest BCUT2D eigenvalue weighted by molar-refractivity contribution is -0.120. The number of benzene rings is 2. The lowest BCUT2D eigenvalue weighted by Crippen LogP contribution is -2.50. The summed E-state index contributed by atoms with van der Waals surface area (Å²) in [6.45, 7) is 7.77. The van der Waals surface area contributed by atoms with Crippen LogP contribution in [0.15, 0.2) is 48.5 Å². The molecule has 166 valence electrons. The van der Waals surface area contributed by atoms with Gasteiger partial charge in [0.15, 0.2) is 0 Å². The minimum absolute atomic E-state index is 0.0337. The van der Waals surface area contributed by atoms with Gasteiger partial charge in [-0.1, -0.05) is 32.0 Å². The Bertz CT molecular complexity index is 879. The normalized spacial score (nSPS) is 16.0. The maximum atomic E-state index is 13.2. The zero-order valence-electron chi connectivity index (χ0n) is 18.2. The van der Waals surface area contributed by atoms with E-state index < -0.39 is 0 Å². The standard InChI is InChI=1S/C24H31FN4O2/c1-3-18(2)19-7-9-21(10-8-19)26-23(30)16-28-11-13-29(14-12-28)17-24(31)27-22-6-4-5-20(25)15-22/h4-10,15,18H,3,11-14,16-17H2,1-2H3,(H,26,30)(H,27,31)/t18-/m1/s1. The average Bonchev–Trinajstić information content (AvgIpc) is 2.75. The van der Waals surface area contributed by atoms with E-state index in [9.17, 15) is 14.0 Å². The van der Waals surface area contributed by atoms with Crippen molar-refractivity contribution >= 4 is 23.2 Å². The predicted octanol–water partition coefficient (Wildman–Crippen LogP) is 3.53. The van der Waals surface area contributed by atoms with Crippen molar-refractivity contribution in [2.75, 3.05) is 49.9 Å². The first kappa shape index (κ1) is 22.9. The van der Waals surface area contributed by atoms with Crippen LogP contribution in [0.1, 0.15) is 31.7 Å². The molecular weight excluding hydrogens is 395 g/mol. The van der Waals surface area contributed by atoms with Crippen molar-refractivity contribution in [2.24, 2.45) is 0 Å². The van der Waals surface area contributed by atoms with Crippen LogP contribution in [-0.2, 0) is 9.59 Å². The third kappa shape index (κ3) is 7.15. The molecule has 3 rings (SSSR count). The molecule has 2 amide bonds. The van der Waals surface area contributed by atoms with E-state index in [1.54, 1.807) is 12.1 Å². The van der Waals surface area contributed by atoms with Gasteiger partial charge >= 0.3 is 0 Å². The van der Waals surface area contributed by atoms with Crippen LogP contribution in [0.5, 0.6) is 0 Å². The molecule has 0 spiro atoms. The summed E-state index contributed by atoms with van der Waals surface area (Å²) in [5, 5.41) is 5.68. The molecule has 0 radical (unpaired) electrons. The number of hydrogen-bond donors (Lipinski definition) is 2. The molecule has 1 heterocycles. The number of nitrogens with one attached hydrogen (secondary N) is 2. The van der Waals surface area contributed by atoms with Gasteiger partial charge in [0.1, 0.15) is 5.82 Å².